The van der Waals surface area contributed by atoms with E-state index in [0.717, 1.165) is 23.0 Å². The zero-order valence-electron chi connectivity index (χ0n) is 9.50. The van der Waals surface area contributed by atoms with Gasteiger partial charge in [0.25, 0.3) is 0 Å². The number of hydrogen-bond donors (Lipinski definition) is 0. The quantitative estimate of drug-likeness (QED) is 0.649. The predicted octanol–water partition coefficient (Wildman–Crippen LogP) is 3.27. The molecule has 0 aliphatic rings. The second-order valence-electron chi connectivity index (χ2n) is 4.18. The zero-order valence-corrected chi connectivity index (χ0v) is 9.50. The van der Waals surface area contributed by atoms with Crippen LogP contribution in [0.1, 0.15) is 11.1 Å². The highest BCUT2D eigenvalue weighted by Crippen LogP contribution is 2.16. The molecule has 3 aromatic rings. The summed E-state index contributed by atoms with van der Waals surface area (Å²) in [5.74, 6) is 0. The van der Waals surface area contributed by atoms with E-state index >= 15 is 0 Å². The maximum absolute atomic E-state index is 4.42. The molecule has 0 spiro atoms. The largest absolute Gasteiger partial charge is 0.260 e. The Balaban J connectivity index is 2.01. The van der Waals surface area contributed by atoms with Crippen molar-refractivity contribution in [2.45, 2.75) is 6.54 Å². The molecule has 0 aliphatic heterocycles. The van der Waals surface area contributed by atoms with E-state index in [1.165, 1.54) is 5.56 Å². The molecule has 0 fully saturated rings. The highest BCUT2D eigenvalue weighted by Gasteiger charge is 2.02. The van der Waals surface area contributed by atoms with Crippen molar-refractivity contribution in [3.05, 3.63) is 72.8 Å². The molecule has 2 aromatic carbocycles. The van der Waals surface area contributed by atoms with Gasteiger partial charge in [-0.1, -0.05) is 36.4 Å². The van der Waals surface area contributed by atoms with E-state index in [1.54, 1.807) is 0 Å². The van der Waals surface area contributed by atoms with Crippen LogP contribution in [0.5, 0.6) is 0 Å². The molecule has 0 aliphatic carbocycles. The fraction of sp³-hybridized carbons (Fsp3) is 0.0667. The molecule has 1 heterocycles. The van der Waals surface area contributed by atoms with Crippen LogP contribution in [0, 0.1) is 6.92 Å². The maximum Gasteiger partial charge on any atom is 0.0686 e. The summed E-state index contributed by atoms with van der Waals surface area (Å²) in [6, 6.07) is 16.5. The molecule has 17 heavy (non-hydrogen) atoms. The maximum atomic E-state index is 4.42. The van der Waals surface area contributed by atoms with Gasteiger partial charge in [-0.05, 0) is 30.2 Å². The van der Waals surface area contributed by atoms with Gasteiger partial charge in [-0.25, -0.2) is 0 Å². The summed E-state index contributed by atoms with van der Waals surface area (Å²) < 4.78 is 2.02. The van der Waals surface area contributed by atoms with Crippen LogP contribution in [-0.4, -0.2) is 9.78 Å². The third kappa shape index (κ3) is 1.94. The first-order chi connectivity index (χ1) is 8.33. The number of nitrogens with zero attached hydrogens (tertiary/aromatic N) is 2. The third-order valence-electron chi connectivity index (χ3n) is 2.88. The molecule has 0 N–H and O–H groups in total. The Bertz CT molecular complexity index is 638. The minimum absolute atomic E-state index is 0.806. The first-order valence-electron chi connectivity index (χ1n) is 5.64. The molecule has 3 rings (SSSR count). The Morgan fingerprint density at radius 3 is 2.71 bits per heavy atom. The molecule has 83 valence electrons. The van der Waals surface area contributed by atoms with E-state index in [4.69, 9.17) is 0 Å². The van der Waals surface area contributed by atoms with Crippen molar-refractivity contribution in [2.75, 3.05) is 0 Å². The van der Waals surface area contributed by atoms with Gasteiger partial charge in [-0.2, -0.15) is 5.10 Å². The monoisotopic (exact) mass is 221 g/mol. The number of fused-ring (bicyclic) bond motifs is 1. The molecule has 0 unspecified atom stereocenters. The van der Waals surface area contributed by atoms with Crippen molar-refractivity contribution in [1.29, 1.82) is 0 Å². The lowest BCUT2D eigenvalue weighted by Crippen LogP contribution is -2.00. The highest BCUT2D eigenvalue weighted by atomic mass is 15.3. The first kappa shape index (κ1) is 10.1. The first-order valence-corrected chi connectivity index (χ1v) is 5.64. The molecule has 0 atom stereocenters. The van der Waals surface area contributed by atoms with Crippen LogP contribution in [0.4, 0.5) is 0 Å². The third-order valence-corrected chi connectivity index (χ3v) is 2.88. The van der Waals surface area contributed by atoms with Crippen LogP contribution < -0.4 is 0 Å². The van der Waals surface area contributed by atoms with Crippen LogP contribution in [-0.2, 0) is 6.54 Å². The molecule has 0 saturated heterocycles. The second-order valence-corrected chi connectivity index (χ2v) is 4.18. The number of rotatable bonds is 2. The summed E-state index contributed by atoms with van der Waals surface area (Å²) in [6.45, 7) is 4.73. The van der Waals surface area contributed by atoms with Gasteiger partial charge in [-0.3, -0.25) is 4.68 Å². The Labute approximate surface area is 101 Å². The van der Waals surface area contributed by atoms with E-state index in [1.807, 2.05) is 23.0 Å². The SMILES string of the molecule is [CH2]c1ccc2c(cnn2Cc2ccccc2)c1. The van der Waals surface area contributed by atoms with Gasteiger partial charge in [0.2, 0.25) is 0 Å². The summed E-state index contributed by atoms with van der Waals surface area (Å²) in [4.78, 5) is 0. The van der Waals surface area contributed by atoms with E-state index in [9.17, 15) is 0 Å². The van der Waals surface area contributed by atoms with Crippen LogP contribution in [0.2, 0.25) is 0 Å². The Morgan fingerprint density at radius 1 is 1.06 bits per heavy atom. The lowest BCUT2D eigenvalue weighted by molar-refractivity contribution is 0.712. The Kier molecular flexibility index (Phi) is 2.41. The zero-order chi connectivity index (χ0) is 11.7. The average molecular weight is 221 g/mol. The van der Waals surface area contributed by atoms with Crippen molar-refractivity contribution in [3.63, 3.8) is 0 Å². The molecule has 2 nitrogen and oxygen atoms in total. The normalized spacial score (nSPS) is 10.9. The van der Waals surface area contributed by atoms with E-state index in [2.05, 4.69) is 48.4 Å². The van der Waals surface area contributed by atoms with Crippen LogP contribution >= 0.6 is 0 Å². The van der Waals surface area contributed by atoms with Crippen molar-refractivity contribution in [1.82, 2.24) is 9.78 Å². The summed E-state index contributed by atoms with van der Waals surface area (Å²) >= 11 is 0. The average Bonchev–Trinajstić information content (AvgIpc) is 2.73. The fourth-order valence-electron chi connectivity index (χ4n) is 2.02. The van der Waals surface area contributed by atoms with Crippen molar-refractivity contribution in [3.8, 4) is 0 Å². The summed E-state index contributed by atoms with van der Waals surface area (Å²) in [6.07, 6.45) is 1.90. The van der Waals surface area contributed by atoms with E-state index in [-0.39, 0.29) is 0 Å². The van der Waals surface area contributed by atoms with Gasteiger partial charge in [-0.15, -0.1) is 0 Å². The van der Waals surface area contributed by atoms with E-state index < -0.39 is 0 Å². The van der Waals surface area contributed by atoms with Gasteiger partial charge in [0, 0.05) is 5.39 Å². The van der Waals surface area contributed by atoms with Gasteiger partial charge in [0.15, 0.2) is 0 Å². The fourth-order valence-corrected chi connectivity index (χ4v) is 2.02. The van der Waals surface area contributed by atoms with Crippen molar-refractivity contribution < 1.29 is 0 Å². The molecule has 2 heteroatoms. The summed E-state index contributed by atoms with van der Waals surface area (Å²) in [5, 5.41) is 5.57. The topological polar surface area (TPSA) is 17.8 Å². The minimum Gasteiger partial charge on any atom is -0.260 e. The lowest BCUT2D eigenvalue weighted by atomic mass is 10.2. The molecule has 1 aromatic heterocycles. The predicted molar refractivity (Wildman–Crippen MR) is 69.7 cm³/mol. The van der Waals surface area contributed by atoms with E-state index in [0.29, 0.717) is 0 Å². The van der Waals surface area contributed by atoms with Crippen LogP contribution in [0.3, 0.4) is 0 Å². The Morgan fingerprint density at radius 2 is 1.88 bits per heavy atom. The number of aromatic nitrogens is 2. The standard InChI is InChI=1S/C15H13N2/c1-12-7-8-15-14(9-12)10-16-17(15)11-13-5-3-2-4-6-13/h2-10H,1,11H2. The molecule has 0 amide bonds. The lowest BCUT2D eigenvalue weighted by Gasteiger charge is -2.03. The number of hydrogen-bond acceptors (Lipinski definition) is 1. The van der Waals surface area contributed by atoms with Crippen molar-refractivity contribution >= 4 is 10.9 Å². The highest BCUT2D eigenvalue weighted by molar-refractivity contribution is 5.79. The van der Waals surface area contributed by atoms with Crippen LogP contribution in [0.25, 0.3) is 10.9 Å². The smallest absolute Gasteiger partial charge is 0.0686 e. The molecular formula is C15H13N2. The van der Waals surface area contributed by atoms with Gasteiger partial charge in [0.05, 0.1) is 18.3 Å². The van der Waals surface area contributed by atoms with Gasteiger partial charge < -0.3 is 0 Å². The van der Waals surface area contributed by atoms with Crippen molar-refractivity contribution in [2.24, 2.45) is 0 Å². The van der Waals surface area contributed by atoms with Crippen LogP contribution in [0.15, 0.2) is 54.7 Å². The summed E-state index contributed by atoms with van der Waals surface area (Å²) in [5.41, 5.74) is 3.44. The molecular weight excluding hydrogens is 208 g/mol. The second kappa shape index (κ2) is 4.06. The minimum atomic E-state index is 0.806. The van der Waals surface area contributed by atoms with Gasteiger partial charge in [0.1, 0.15) is 0 Å². The molecule has 0 saturated carbocycles. The molecule has 1 radical (unpaired) electrons. The summed E-state index contributed by atoms with van der Waals surface area (Å²) in [7, 11) is 0. The van der Waals surface area contributed by atoms with Gasteiger partial charge >= 0.3 is 0 Å². The number of benzene rings is 2. The molecule has 0 bridgehead atoms. The Hall–Kier alpha value is -2.09.